The van der Waals surface area contributed by atoms with Crippen molar-refractivity contribution in [2.24, 2.45) is 5.92 Å². The van der Waals surface area contributed by atoms with E-state index in [4.69, 9.17) is 14.6 Å². The molecule has 0 radical (unpaired) electrons. The molecule has 1 rings (SSSR count). The molecular formula is C11H20N2O5. The van der Waals surface area contributed by atoms with E-state index < -0.39 is 11.9 Å². The van der Waals surface area contributed by atoms with Gasteiger partial charge in [0.15, 0.2) is 0 Å². The SMILES string of the molecule is CC(CCNC(=O)NCC1COCCO1)C(=O)O. The van der Waals surface area contributed by atoms with Crippen molar-refractivity contribution >= 4 is 12.0 Å². The van der Waals surface area contributed by atoms with Gasteiger partial charge in [-0.25, -0.2) is 4.79 Å². The second-order valence-corrected chi connectivity index (χ2v) is 4.23. The van der Waals surface area contributed by atoms with E-state index in [0.717, 1.165) is 0 Å². The lowest BCUT2D eigenvalue weighted by atomic mass is 10.1. The summed E-state index contributed by atoms with van der Waals surface area (Å²) in [5, 5.41) is 13.9. The van der Waals surface area contributed by atoms with E-state index in [1.165, 1.54) is 0 Å². The van der Waals surface area contributed by atoms with E-state index in [1.807, 2.05) is 0 Å². The maximum Gasteiger partial charge on any atom is 0.314 e. The Morgan fingerprint density at radius 2 is 2.17 bits per heavy atom. The zero-order valence-corrected chi connectivity index (χ0v) is 10.5. The van der Waals surface area contributed by atoms with Crippen LogP contribution >= 0.6 is 0 Å². The molecule has 18 heavy (non-hydrogen) atoms. The first-order valence-electron chi connectivity index (χ1n) is 6.03. The number of hydrogen-bond acceptors (Lipinski definition) is 4. The minimum absolute atomic E-state index is 0.109. The van der Waals surface area contributed by atoms with Crippen LogP contribution < -0.4 is 10.6 Å². The summed E-state index contributed by atoms with van der Waals surface area (Å²) >= 11 is 0. The third-order valence-electron chi connectivity index (χ3n) is 2.66. The second-order valence-electron chi connectivity index (χ2n) is 4.23. The van der Waals surface area contributed by atoms with E-state index in [0.29, 0.717) is 39.3 Å². The fraction of sp³-hybridized carbons (Fsp3) is 0.818. The summed E-state index contributed by atoms with van der Waals surface area (Å²) < 4.78 is 10.5. The first-order chi connectivity index (χ1) is 8.59. The topological polar surface area (TPSA) is 96.9 Å². The van der Waals surface area contributed by atoms with Crippen molar-refractivity contribution in [3.8, 4) is 0 Å². The van der Waals surface area contributed by atoms with Crippen LogP contribution in [0.1, 0.15) is 13.3 Å². The lowest BCUT2D eigenvalue weighted by molar-refractivity contribution is -0.141. The van der Waals surface area contributed by atoms with Crippen molar-refractivity contribution in [2.75, 3.05) is 32.9 Å². The Labute approximate surface area is 106 Å². The molecule has 1 aliphatic heterocycles. The molecule has 2 amide bonds. The number of carbonyl (C=O) groups excluding carboxylic acids is 1. The normalized spacial score (nSPS) is 21.1. The Balaban J connectivity index is 2.04. The molecule has 1 aliphatic rings. The van der Waals surface area contributed by atoms with E-state index in [9.17, 15) is 9.59 Å². The average molecular weight is 260 g/mol. The van der Waals surface area contributed by atoms with Crippen LogP contribution in [-0.2, 0) is 14.3 Å². The number of carbonyl (C=O) groups is 2. The number of amides is 2. The van der Waals surface area contributed by atoms with Crippen LogP contribution in [0, 0.1) is 5.92 Å². The minimum atomic E-state index is -0.857. The predicted octanol–water partition coefficient (Wildman–Crippen LogP) is -0.188. The number of aliphatic carboxylic acids is 1. The fourth-order valence-electron chi connectivity index (χ4n) is 1.45. The molecule has 0 bridgehead atoms. The molecule has 7 nitrogen and oxygen atoms in total. The number of carboxylic acid groups (broad SMARTS) is 1. The van der Waals surface area contributed by atoms with E-state index in [1.54, 1.807) is 6.92 Å². The maximum atomic E-state index is 11.4. The van der Waals surface area contributed by atoms with Gasteiger partial charge in [-0.15, -0.1) is 0 Å². The maximum absolute atomic E-state index is 11.4. The second kappa shape index (κ2) is 7.88. The van der Waals surface area contributed by atoms with Crippen LogP contribution in [0.25, 0.3) is 0 Å². The predicted molar refractivity (Wildman–Crippen MR) is 63.4 cm³/mol. The smallest absolute Gasteiger partial charge is 0.314 e. The Morgan fingerprint density at radius 1 is 1.39 bits per heavy atom. The fourth-order valence-corrected chi connectivity index (χ4v) is 1.45. The molecular weight excluding hydrogens is 240 g/mol. The largest absolute Gasteiger partial charge is 0.481 e. The molecule has 0 saturated carbocycles. The first kappa shape index (κ1) is 14.7. The Bertz CT molecular complexity index is 279. The molecule has 1 fully saturated rings. The molecule has 0 aliphatic carbocycles. The number of carboxylic acids is 1. The molecule has 0 aromatic rings. The van der Waals surface area contributed by atoms with Crippen LogP contribution in [0.15, 0.2) is 0 Å². The lowest BCUT2D eigenvalue weighted by Gasteiger charge is -2.23. The summed E-state index contributed by atoms with van der Waals surface area (Å²) in [5.41, 5.74) is 0. The molecule has 2 atom stereocenters. The Hall–Kier alpha value is -1.34. The zero-order valence-electron chi connectivity index (χ0n) is 10.5. The molecule has 0 aromatic heterocycles. The highest BCUT2D eigenvalue weighted by Gasteiger charge is 2.15. The number of nitrogens with one attached hydrogen (secondary N) is 2. The summed E-state index contributed by atoms with van der Waals surface area (Å²) in [6, 6.07) is -0.318. The number of hydrogen-bond donors (Lipinski definition) is 3. The van der Waals surface area contributed by atoms with Gasteiger partial charge in [-0.1, -0.05) is 6.92 Å². The monoisotopic (exact) mass is 260 g/mol. The van der Waals surface area contributed by atoms with E-state index in [2.05, 4.69) is 10.6 Å². The van der Waals surface area contributed by atoms with Crippen LogP contribution in [0.4, 0.5) is 4.79 Å². The average Bonchev–Trinajstić information content (AvgIpc) is 2.37. The molecule has 1 heterocycles. The van der Waals surface area contributed by atoms with Crippen LogP contribution in [0.2, 0.25) is 0 Å². The van der Waals surface area contributed by atoms with Gasteiger partial charge in [0.05, 0.1) is 31.8 Å². The summed E-state index contributed by atoms with van der Waals surface area (Å²) in [6.07, 6.45) is 0.300. The summed E-state index contributed by atoms with van der Waals surface area (Å²) in [5.74, 6) is -1.31. The summed E-state index contributed by atoms with van der Waals surface area (Å²) in [7, 11) is 0. The third kappa shape index (κ3) is 5.83. The van der Waals surface area contributed by atoms with E-state index in [-0.39, 0.29) is 12.1 Å². The lowest BCUT2D eigenvalue weighted by Crippen LogP contribution is -2.44. The standard InChI is InChI=1S/C11H20N2O5/c1-8(10(14)15)2-3-12-11(16)13-6-9-7-17-4-5-18-9/h8-9H,2-7H2,1H3,(H,14,15)(H2,12,13,16). The number of ether oxygens (including phenoxy) is 2. The number of urea groups is 1. The summed E-state index contributed by atoms with van der Waals surface area (Å²) in [4.78, 5) is 21.9. The molecule has 3 N–H and O–H groups in total. The van der Waals surface area contributed by atoms with Crippen LogP contribution in [-0.4, -0.2) is 56.1 Å². The van der Waals surface area contributed by atoms with Gasteiger partial charge >= 0.3 is 12.0 Å². The summed E-state index contributed by atoms with van der Waals surface area (Å²) in [6.45, 7) is 3.95. The molecule has 2 unspecified atom stereocenters. The molecule has 7 heteroatoms. The van der Waals surface area contributed by atoms with E-state index >= 15 is 0 Å². The quantitative estimate of drug-likeness (QED) is 0.615. The van der Waals surface area contributed by atoms with Crippen LogP contribution in [0.5, 0.6) is 0 Å². The number of rotatable bonds is 6. The van der Waals surface area contributed by atoms with Crippen LogP contribution in [0.3, 0.4) is 0 Å². The highest BCUT2D eigenvalue weighted by Crippen LogP contribution is 2.00. The highest BCUT2D eigenvalue weighted by atomic mass is 16.6. The van der Waals surface area contributed by atoms with Gasteiger partial charge in [0.2, 0.25) is 0 Å². The van der Waals surface area contributed by atoms with Crippen molar-refractivity contribution in [3.63, 3.8) is 0 Å². The molecule has 104 valence electrons. The van der Waals surface area contributed by atoms with Crippen molar-refractivity contribution in [3.05, 3.63) is 0 Å². The van der Waals surface area contributed by atoms with Gasteiger partial charge in [0, 0.05) is 13.1 Å². The van der Waals surface area contributed by atoms with Gasteiger partial charge in [-0.05, 0) is 6.42 Å². The molecule has 0 aromatic carbocycles. The van der Waals surface area contributed by atoms with Gasteiger partial charge in [-0.3, -0.25) is 4.79 Å². The van der Waals surface area contributed by atoms with Crippen molar-refractivity contribution in [1.29, 1.82) is 0 Å². The Morgan fingerprint density at radius 3 is 2.78 bits per heavy atom. The van der Waals surface area contributed by atoms with Gasteiger partial charge in [0.1, 0.15) is 0 Å². The first-order valence-corrected chi connectivity index (χ1v) is 6.03. The van der Waals surface area contributed by atoms with Crippen molar-refractivity contribution in [2.45, 2.75) is 19.4 Å². The Kier molecular flexibility index (Phi) is 6.45. The van der Waals surface area contributed by atoms with Gasteiger partial charge in [0.25, 0.3) is 0 Å². The third-order valence-corrected chi connectivity index (χ3v) is 2.66. The van der Waals surface area contributed by atoms with Gasteiger partial charge < -0.3 is 25.2 Å². The van der Waals surface area contributed by atoms with Gasteiger partial charge in [-0.2, -0.15) is 0 Å². The molecule has 0 spiro atoms. The van der Waals surface area contributed by atoms with Crippen molar-refractivity contribution < 1.29 is 24.2 Å². The minimum Gasteiger partial charge on any atom is -0.481 e. The van der Waals surface area contributed by atoms with Crippen molar-refractivity contribution in [1.82, 2.24) is 10.6 Å². The molecule has 1 saturated heterocycles. The zero-order chi connectivity index (χ0) is 13.4. The highest BCUT2D eigenvalue weighted by molar-refractivity contribution is 5.74.